The molecule has 1 fully saturated rings. The van der Waals surface area contributed by atoms with Crippen LogP contribution in [0.15, 0.2) is 6.20 Å². The zero-order chi connectivity index (χ0) is 11.8. The molecule has 0 amide bonds. The van der Waals surface area contributed by atoms with Crippen LogP contribution in [-0.2, 0) is 9.84 Å². The topological polar surface area (TPSA) is 61.2 Å². The fraction of sp³-hybridized carbons (Fsp3) is 0.667. The molecule has 1 saturated heterocycles. The molecule has 0 radical (unpaired) electrons. The predicted molar refractivity (Wildman–Crippen MR) is 60.7 cm³/mol. The molecule has 0 aromatic carbocycles. The van der Waals surface area contributed by atoms with Crippen molar-refractivity contribution in [3.8, 4) is 5.75 Å². The molecule has 0 spiro atoms. The number of ether oxygens (including phenoxy) is 1. The van der Waals surface area contributed by atoms with Gasteiger partial charge in [0.1, 0.15) is 0 Å². The van der Waals surface area contributed by atoms with E-state index in [1.165, 1.54) is 18.0 Å². The average Bonchev–Trinajstić information content (AvgIpc) is 2.58. The summed E-state index contributed by atoms with van der Waals surface area (Å²) in [5.41, 5.74) is 0. The Hall–Kier alpha value is -0.750. The lowest BCUT2D eigenvalue weighted by molar-refractivity contribution is 0.407. The normalized spacial score (nSPS) is 24.2. The molecule has 2 rings (SSSR count). The Labute approximate surface area is 99.3 Å². The van der Waals surface area contributed by atoms with E-state index < -0.39 is 9.84 Å². The Balaban J connectivity index is 2.27. The molecule has 7 heteroatoms. The quantitative estimate of drug-likeness (QED) is 0.808. The fourth-order valence-corrected chi connectivity index (χ4v) is 3.89. The summed E-state index contributed by atoms with van der Waals surface area (Å²) in [7, 11) is -1.45. The molecule has 0 saturated carbocycles. The first kappa shape index (κ1) is 11.7. The average molecular weight is 265 g/mol. The van der Waals surface area contributed by atoms with Gasteiger partial charge >= 0.3 is 0 Å². The first-order valence-corrected chi connectivity index (χ1v) is 7.21. The lowest BCUT2D eigenvalue weighted by Gasteiger charge is -2.22. The number of hydrogen-bond donors (Lipinski definition) is 0. The molecule has 1 atom stereocenters. The van der Waals surface area contributed by atoms with Crippen molar-refractivity contribution in [1.29, 1.82) is 0 Å². The van der Waals surface area contributed by atoms with Gasteiger partial charge in [-0.2, -0.15) is 5.10 Å². The summed E-state index contributed by atoms with van der Waals surface area (Å²) in [6.45, 7) is 0. The molecule has 0 aliphatic carbocycles. The smallest absolute Gasteiger partial charge is 0.175 e. The van der Waals surface area contributed by atoms with Crippen LogP contribution in [0.25, 0.3) is 0 Å². The molecular formula is C9H13ClN2O3S. The Bertz CT molecular complexity index is 483. The van der Waals surface area contributed by atoms with E-state index in [2.05, 4.69) is 5.10 Å². The third-order valence-corrected chi connectivity index (χ3v) is 4.87. The van der Waals surface area contributed by atoms with E-state index in [0.29, 0.717) is 17.3 Å². The van der Waals surface area contributed by atoms with Crippen molar-refractivity contribution in [2.75, 3.05) is 18.6 Å². The van der Waals surface area contributed by atoms with Crippen molar-refractivity contribution in [2.45, 2.75) is 18.9 Å². The van der Waals surface area contributed by atoms with Crippen molar-refractivity contribution < 1.29 is 13.2 Å². The van der Waals surface area contributed by atoms with Crippen molar-refractivity contribution >= 4 is 21.4 Å². The van der Waals surface area contributed by atoms with E-state index in [1.807, 2.05) is 0 Å². The molecule has 90 valence electrons. The predicted octanol–water partition coefficient (Wildman–Crippen LogP) is 1.29. The van der Waals surface area contributed by atoms with Crippen LogP contribution in [0.4, 0.5) is 0 Å². The van der Waals surface area contributed by atoms with Gasteiger partial charge in [-0.15, -0.1) is 0 Å². The van der Waals surface area contributed by atoms with Gasteiger partial charge in [0, 0.05) is 0 Å². The lowest BCUT2D eigenvalue weighted by atomic mass is 10.2. The monoisotopic (exact) mass is 264 g/mol. The van der Waals surface area contributed by atoms with Crippen molar-refractivity contribution in [2.24, 2.45) is 0 Å². The van der Waals surface area contributed by atoms with Crippen LogP contribution in [0.5, 0.6) is 5.75 Å². The van der Waals surface area contributed by atoms with E-state index in [4.69, 9.17) is 16.3 Å². The standard InChI is InChI=1S/C9H13ClN2O3S/c1-15-8-5-11-12(9(8)10)7-3-2-4-16(13,14)6-7/h5,7H,2-4,6H2,1H3. The van der Waals surface area contributed by atoms with Gasteiger partial charge in [-0.25, -0.2) is 13.1 Å². The number of halogens is 1. The molecule has 1 aromatic heterocycles. The third kappa shape index (κ3) is 2.17. The molecule has 0 N–H and O–H groups in total. The maximum Gasteiger partial charge on any atom is 0.175 e. The van der Waals surface area contributed by atoms with E-state index in [-0.39, 0.29) is 17.5 Å². The highest BCUT2D eigenvalue weighted by molar-refractivity contribution is 7.91. The molecule has 1 aliphatic heterocycles. The molecule has 1 aliphatic rings. The van der Waals surface area contributed by atoms with E-state index in [0.717, 1.165) is 6.42 Å². The Kier molecular flexibility index (Phi) is 3.12. The molecule has 2 heterocycles. The maximum atomic E-state index is 11.5. The second-order valence-electron chi connectivity index (χ2n) is 3.86. The van der Waals surface area contributed by atoms with Crippen molar-refractivity contribution in [3.05, 3.63) is 11.3 Å². The van der Waals surface area contributed by atoms with Gasteiger partial charge in [-0.05, 0) is 12.8 Å². The summed E-state index contributed by atoms with van der Waals surface area (Å²) in [5.74, 6) is 0.849. The van der Waals surface area contributed by atoms with Crippen molar-refractivity contribution in [3.63, 3.8) is 0 Å². The first-order chi connectivity index (χ1) is 7.53. The SMILES string of the molecule is COc1cnn(C2CCCS(=O)(=O)C2)c1Cl. The molecular weight excluding hydrogens is 252 g/mol. The van der Waals surface area contributed by atoms with Gasteiger partial charge in [-0.3, -0.25) is 0 Å². The highest BCUT2D eigenvalue weighted by atomic mass is 35.5. The van der Waals surface area contributed by atoms with Crippen LogP contribution in [0, 0.1) is 0 Å². The molecule has 0 bridgehead atoms. The highest BCUT2D eigenvalue weighted by Gasteiger charge is 2.28. The van der Waals surface area contributed by atoms with Gasteiger partial charge in [0.25, 0.3) is 0 Å². The number of rotatable bonds is 2. The second-order valence-corrected chi connectivity index (χ2v) is 6.45. The largest absolute Gasteiger partial charge is 0.492 e. The number of sulfone groups is 1. The molecule has 16 heavy (non-hydrogen) atoms. The number of aromatic nitrogens is 2. The minimum absolute atomic E-state index is 0.109. The number of nitrogens with zero attached hydrogens (tertiary/aromatic N) is 2. The van der Waals surface area contributed by atoms with Gasteiger partial charge in [-0.1, -0.05) is 11.6 Å². The van der Waals surface area contributed by atoms with Crippen LogP contribution in [0.2, 0.25) is 5.15 Å². The molecule has 5 nitrogen and oxygen atoms in total. The summed E-state index contributed by atoms with van der Waals surface area (Å²) in [4.78, 5) is 0. The van der Waals surface area contributed by atoms with Crippen LogP contribution in [0.3, 0.4) is 0 Å². The van der Waals surface area contributed by atoms with E-state index >= 15 is 0 Å². The molecule has 1 aromatic rings. The number of hydrogen-bond acceptors (Lipinski definition) is 4. The zero-order valence-electron chi connectivity index (χ0n) is 8.89. The molecule has 1 unspecified atom stereocenters. The summed E-state index contributed by atoms with van der Waals surface area (Å²) in [6, 6.07) is -0.171. The second kappa shape index (κ2) is 4.25. The van der Waals surface area contributed by atoms with Crippen LogP contribution in [0.1, 0.15) is 18.9 Å². The summed E-state index contributed by atoms with van der Waals surface area (Å²) >= 11 is 6.03. The summed E-state index contributed by atoms with van der Waals surface area (Å²) < 4.78 is 29.6. The van der Waals surface area contributed by atoms with Gasteiger partial charge in [0.2, 0.25) is 0 Å². The maximum absolute atomic E-state index is 11.5. The minimum Gasteiger partial charge on any atom is -0.492 e. The number of methoxy groups -OCH3 is 1. The summed E-state index contributed by atoms with van der Waals surface area (Å²) in [5, 5.41) is 4.44. The first-order valence-electron chi connectivity index (χ1n) is 5.01. The van der Waals surface area contributed by atoms with Gasteiger partial charge in [0.15, 0.2) is 20.7 Å². The lowest BCUT2D eigenvalue weighted by Crippen LogP contribution is -2.28. The van der Waals surface area contributed by atoms with Gasteiger partial charge in [0.05, 0.1) is 30.9 Å². The van der Waals surface area contributed by atoms with E-state index in [1.54, 1.807) is 0 Å². The Morgan fingerprint density at radius 1 is 1.62 bits per heavy atom. The minimum atomic E-state index is -2.95. The fourth-order valence-electron chi connectivity index (χ4n) is 1.91. The van der Waals surface area contributed by atoms with Crippen molar-refractivity contribution in [1.82, 2.24) is 9.78 Å². The highest BCUT2D eigenvalue weighted by Crippen LogP contribution is 2.30. The third-order valence-electron chi connectivity index (χ3n) is 2.71. The summed E-state index contributed by atoms with van der Waals surface area (Å²) in [6.07, 6.45) is 2.94. The van der Waals surface area contributed by atoms with Crippen LogP contribution < -0.4 is 4.74 Å². The Morgan fingerprint density at radius 3 is 2.94 bits per heavy atom. The Morgan fingerprint density at radius 2 is 2.38 bits per heavy atom. The van der Waals surface area contributed by atoms with Gasteiger partial charge < -0.3 is 4.74 Å². The van der Waals surface area contributed by atoms with Crippen LogP contribution >= 0.6 is 11.6 Å². The zero-order valence-corrected chi connectivity index (χ0v) is 10.5. The van der Waals surface area contributed by atoms with Crippen LogP contribution in [-0.4, -0.2) is 36.8 Å². The van der Waals surface area contributed by atoms with E-state index in [9.17, 15) is 8.42 Å².